The highest BCUT2D eigenvalue weighted by molar-refractivity contribution is 6.42. The van der Waals surface area contributed by atoms with Crippen molar-refractivity contribution in [2.75, 3.05) is 6.61 Å². The molecule has 1 atom stereocenters. The zero-order valence-electron chi connectivity index (χ0n) is 8.86. The van der Waals surface area contributed by atoms with Crippen molar-refractivity contribution in [1.29, 1.82) is 0 Å². The van der Waals surface area contributed by atoms with Gasteiger partial charge in [-0.15, -0.1) is 0 Å². The van der Waals surface area contributed by atoms with E-state index >= 15 is 0 Å². The van der Waals surface area contributed by atoms with Gasteiger partial charge in [0.15, 0.2) is 0 Å². The predicted octanol–water partition coefficient (Wildman–Crippen LogP) is 4.21. The summed E-state index contributed by atoms with van der Waals surface area (Å²) in [6, 6.07) is 4.69. The largest absolute Gasteiger partial charge is 0.463 e. The number of ether oxygens (including phenoxy) is 1. The number of nitrogens with zero attached hydrogens (tertiary/aromatic N) is 2. The molecule has 0 spiro atoms. The molecule has 1 rings (SSSR count). The minimum absolute atomic E-state index is 0.240. The Bertz CT molecular complexity index is 438. The third-order valence-electron chi connectivity index (χ3n) is 1.66. The lowest BCUT2D eigenvalue weighted by molar-refractivity contribution is -0.142. The van der Waals surface area contributed by atoms with Crippen molar-refractivity contribution in [1.82, 2.24) is 0 Å². The predicted molar refractivity (Wildman–Crippen MR) is 67.3 cm³/mol. The van der Waals surface area contributed by atoms with Gasteiger partial charge in [-0.2, -0.15) is 10.2 Å². The Kier molecular flexibility index (Phi) is 5.68. The number of azo groups is 1. The lowest BCUT2D eigenvalue weighted by Crippen LogP contribution is -2.14. The number of halogens is 3. The third kappa shape index (κ3) is 4.50. The molecule has 0 amide bonds. The number of carbonyl (C=O) groups excluding carboxylic acids is 1. The summed E-state index contributed by atoms with van der Waals surface area (Å²) in [5, 5.41) is 8.13. The van der Waals surface area contributed by atoms with E-state index < -0.39 is 11.5 Å². The van der Waals surface area contributed by atoms with Gasteiger partial charge in [0.1, 0.15) is 0 Å². The molecule has 1 aromatic carbocycles. The fraction of sp³-hybridized carbons (Fsp3) is 0.300. The first-order valence-corrected chi connectivity index (χ1v) is 5.90. The van der Waals surface area contributed by atoms with Gasteiger partial charge in [0.25, 0.3) is 0 Å². The highest BCUT2D eigenvalue weighted by Crippen LogP contribution is 2.26. The van der Waals surface area contributed by atoms with Crippen molar-refractivity contribution >= 4 is 46.5 Å². The van der Waals surface area contributed by atoms with Gasteiger partial charge in [-0.3, -0.25) is 0 Å². The van der Waals surface area contributed by atoms with Gasteiger partial charge < -0.3 is 4.74 Å². The minimum Gasteiger partial charge on any atom is -0.463 e. The normalized spacial score (nSPS) is 12.7. The van der Waals surface area contributed by atoms with Gasteiger partial charge in [0, 0.05) is 0 Å². The Morgan fingerprint density at radius 2 is 2.12 bits per heavy atom. The van der Waals surface area contributed by atoms with E-state index in [0.29, 0.717) is 15.7 Å². The van der Waals surface area contributed by atoms with Gasteiger partial charge in [-0.1, -0.05) is 34.8 Å². The second-order valence-electron chi connectivity index (χ2n) is 2.90. The summed E-state index contributed by atoms with van der Waals surface area (Å²) >= 11 is 17.2. The Morgan fingerprint density at radius 1 is 1.41 bits per heavy atom. The Labute approximate surface area is 114 Å². The molecule has 0 N–H and O–H groups in total. The zero-order valence-corrected chi connectivity index (χ0v) is 11.1. The van der Waals surface area contributed by atoms with E-state index in [2.05, 4.69) is 15.0 Å². The second-order valence-corrected chi connectivity index (χ2v) is 4.13. The molecule has 0 fully saturated rings. The molecule has 1 unspecified atom stereocenters. The fourth-order valence-corrected chi connectivity index (χ4v) is 1.32. The maximum atomic E-state index is 11.1. The lowest BCUT2D eigenvalue weighted by atomic mass is 10.3. The molecule has 0 aromatic heterocycles. The number of esters is 1. The number of hydrogen-bond acceptors (Lipinski definition) is 4. The van der Waals surface area contributed by atoms with Gasteiger partial charge >= 0.3 is 5.97 Å². The molecule has 0 radical (unpaired) electrons. The first-order valence-electron chi connectivity index (χ1n) is 4.71. The molecule has 0 aliphatic heterocycles. The van der Waals surface area contributed by atoms with Gasteiger partial charge in [0.2, 0.25) is 5.50 Å². The molecule has 0 aliphatic carbocycles. The van der Waals surface area contributed by atoms with Crippen molar-refractivity contribution in [3.8, 4) is 0 Å². The molecule has 0 saturated carbocycles. The van der Waals surface area contributed by atoms with E-state index in [1.807, 2.05) is 0 Å². The number of carbonyl (C=O) groups is 1. The topological polar surface area (TPSA) is 51.0 Å². The first kappa shape index (κ1) is 14.2. The van der Waals surface area contributed by atoms with Crippen LogP contribution in [0.3, 0.4) is 0 Å². The summed E-state index contributed by atoms with van der Waals surface area (Å²) in [6.45, 7) is 1.92. The van der Waals surface area contributed by atoms with E-state index in [0.717, 1.165) is 0 Å². The molecule has 1 aromatic rings. The van der Waals surface area contributed by atoms with Crippen molar-refractivity contribution in [3.05, 3.63) is 28.2 Å². The van der Waals surface area contributed by atoms with Crippen LogP contribution < -0.4 is 0 Å². The molecular formula is C10H9Cl3N2O2. The van der Waals surface area contributed by atoms with Crippen LogP contribution in [0.2, 0.25) is 10.0 Å². The molecule has 0 saturated heterocycles. The number of rotatable bonds is 4. The molecule has 17 heavy (non-hydrogen) atoms. The number of alkyl halides is 1. The van der Waals surface area contributed by atoms with Gasteiger partial charge in [0.05, 0.1) is 22.3 Å². The lowest BCUT2D eigenvalue weighted by Gasteiger charge is -2.02. The van der Waals surface area contributed by atoms with Crippen LogP contribution >= 0.6 is 34.8 Å². The van der Waals surface area contributed by atoms with Crippen LogP contribution in [0.4, 0.5) is 5.69 Å². The van der Waals surface area contributed by atoms with E-state index in [9.17, 15) is 4.79 Å². The smallest absolute Gasteiger partial charge is 0.348 e. The summed E-state index contributed by atoms with van der Waals surface area (Å²) < 4.78 is 4.66. The van der Waals surface area contributed by atoms with Crippen molar-refractivity contribution < 1.29 is 9.53 Å². The Morgan fingerprint density at radius 3 is 2.71 bits per heavy atom. The summed E-state index contributed by atoms with van der Waals surface area (Å²) in [5.74, 6) is -0.641. The second kappa shape index (κ2) is 6.79. The molecule has 92 valence electrons. The van der Waals surface area contributed by atoms with Crippen molar-refractivity contribution in [2.24, 2.45) is 10.2 Å². The maximum absolute atomic E-state index is 11.1. The standard InChI is InChI=1S/C10H9Cl3N2O2/c1-2-17-10(16)9(13)15-14-6-3-4-7(11)8(12)5-6/h3-5,9H,2H2,1H3. The van der Waals surface area contributed by atoms with Crippen LogP contribution in [0, 0.1) is 0 Å². The van der Waals surface area contributed by atoms with Crippen molar-refractivity contribution in [2.45, 2.75) is 12.4 Å². The summed E-state index contributed by atoms with van der Waals surface area (Å²) in [4.78, 5) is 11.1. The highest BCUT2D eigenvalue weighted by Gasteiger charge is 2.14. The molecule has 0 bridgehead atoms. The van der Waals surface area contributed by atoms with Crippen LogP contribution in [0.15, 0.2) is 28.4 Å². The van der Waals surface area contributed by atoms with E-state index in [-0.39, 0.29) is 6.61 Å². The zero-order chi connectivity index (χ0) is 12.8. The SMILES string of the molecule is CCOC(=O)C(Cl)N=Nc1ccc(Cl)c(Cl)c1. The Balaban J connectivity index is 2.70. The Hall–Kier alpha value is -0.840. The van der Waals surface area contributed by atoms with Crippen LogP contribution in [0.5, 0.6) is 0 Å². The third-order valence-corrected chi connectivity index (χ3v) is 2.66. The van der Waals surface area contributed by atoms with Crippen molar-refractivity contribution in [3.63, 3.8) is 0 Å². The molecule has 4 nitrogen and oxygen atoms in total. The van der Waals surface area contributed by atoms with Crippen LogP contribution in [0.1, 0.15) is 6.92 Å². The summed E-state index contributed by atoms with van der Waals surface area (Å²) in [5.41, 5.74) is -0.709. The van der Waals surface area contributed by atoms with Crippen LogP contribution in [-0.4, -0.2) is 18.1 Å². The van der Waals surface area contributed by atoms with E-state index in [4.69, 9.17) is 34.8 Å². The van der Waals surface area contributed by atoms with E-state index in [1.165, 1.54) is 6.07 Å². The van der Waals surface area contributed by atoms with Gasteiger partial charge in [-0.05, 0) is 25.1 Å². The molecule has 0 aliphatic rings. The van der Waals surface area contributed by atoms with Gasteiger partial charge in [-0.25, -0.2) is 4.79 Å². The number of hydrogen-bond donors (Lipinski definition) is 0. The first-order chi connectivity index (χ1) is 8.04. The maximum Gasteiger partial charge on any atom is 0.348 e. The quantitative estimate of drug-likeness (QED) is 0.362. The van der Waals surface area contributed by atoms with Crippen LogP contribution in [0.25, 0.3) is 0 Å². The number of benzene rings is 1. The van der Waals surface area contributed by atoms with E-state index in [1.54, 1.807) is 19.1 Å². The average Bonchev–Trinajstić information content (AvgIpc) is 2.30. The summed E-state index contributed by atoms with van der Waals surface area (Å²) in [7, 11) is 0. The molecule has 0 heterocycles. The average molecular weight is 296 g/mol. The minimum atomic E-state index is -1.16. The highest BCUT2D eigenvalue weighted by atomic mass is 35.5. The fourth-order valence-electron chi connectivity index (χ4n) is 0.923. The molecular weight excluding hydrogens is 286 g/mol. The molecule has 7 heteroatoms. The van der Waals surface area contributed by atoms with Crippen LogP contribution in [-0.2, 0) is 9.53 Å². The summed E-state index contributed by atoms with van der Waals surface area (Å²) in [6.07, 6.45) is 0. The monoisotopic (exact) mass is 294 g/mol.